The molecule has 3 rings (SSSR count). The second kappa shape index (κ2) is 7.82. The zero-order chi connectivity index (χ0) is 19.4. The molecule has 1 fully saturated rings. The van der Waals surface area contributed by atoms with Crippen molar-refractivity contribution in [2.45, 2.75) is 19.0 Å². The second-order valence-corrected chi connectivity index (χ2v) is 6.49. The van der Waals surface area contributed by atoms with E-state index in [0.29, 0.717) is 25.1 Å². The Morgan fingerprint density at radius 3 is 2.37 bits per heavy atom. The largest absolute Gasteiger partial charge is 0.417 e. The van der Waals surface area contributed by atoms with Crippen molar-refractivity contribution in [2.24, 2.45) is 5.92 Å². The molecule has 2 amide bonds. The summed E-state index contributed by atoms with van der Waals surface area (Å²) in [5.74, 6) is -1.39. The minimum Gasteiger partial charge on any atom is -0.338 e. The lowest BCUT2D eigenvalue weighted by atomic mass is 9.95. The topological polar surface area (TPSA) is 49.4 Å². The van der Waals surface area contributed by atoms with Crippen molar-refractivity contribution in [2.75, 3.05) is 18.4 Å². The first kappa shape index (κ1) is 18.9. The minimum absolute atomic E-state index is 0.101. The van der Waals surface area contributed by atoms with Crippen molar-refractivity contribution < 1.29 is 22.8 Å². The summed E-state index contributed by atoms with van der Waals surface area (Å²) >= 11 is 0. The van der Waals surface area contributed by atoms with Gasteiger partial charge in [-0.1, -0.05) is 30.3 Å². The Morgan fingerprint density at radius 2 is 1.67 bits per heavy atom. The van der Waals surface area contributed by atoms with Crippen LogP contribution in [0.4, 0.5) is 18.9 Å². The number of alkyl halides is 3. The second-order valence-electron chi connectivity index (χ2n) is 6.49. The number of carbonyl (C=O) groups is 2. The Morgan fingerprint density at radius 1 is 1.00 bits per heavy atom. The maximum atomic E-state index is 13.2. The summed E-state index contributed by atoms with van der Waals surface area (Å²) in [5.41, 5.74) is -0.687. The predicted octanol–water partition coefficient (Wildman–Crippen LogP) is 4.20. The lowest BCUT2D eigenvalue weighted by Gasteiger charge is -2.32. The number of halogens is 3. The number of likely N-dealkylation sites (tertiary alicyclic amines) is 1. The average molecular weight is 376 g/mol. The average Bonchev–Trinajstić information content (AvgIpc) is 2.67. The van der Waals surface area contributed by atoms with Crippen LogP contribution in [0, 0.1) is 5.92 Å². The Bertz CT molecular complexity index is 821. The number of benzene rings is 2. The lowest BCUT2D eigenvalue weighted by molar-refractivity contribution is -0.138. The number of nitrogens with one attached hydrogen (secondary N) is 1. The van der Waals surface area contributed by atoms with Crippen molar-refractivity contribution >= 4 is 17.5 Å². The van der Waals surface area contributed by atoms with Crippen LogP contribution in [0.3, 0.4) is 0 Å². The van der Waals surface area contributed by atoms with Gasteiger partial charge in [-0.25, -0.2) is 0 Å². The van der Waals surface area contributed by atoms with E-state index >= 15 is 0 Å². The first-order chi connectivity index (χ1) is 12.9. The summed E-state index contributed by atoms with van der Waals surface area (Å²) in [7, 11) is 0. The maximum Gasteiger partial charge on any atom is 0.417 e. The van der Waals surface area contributed by atoms with Crippen molar-refractivity contribution in [1.82, 2.24) is 4.90 Å². The van der Waals surface area contributed by atoms with Crippen molar-refractivity contribution in [3.63, 3.8) is 0 Å². The first-order valence-corrected chi connectivity index (χ1v) is 8.67. The molecule has 2 aromatic carbocycles. The highest BCUT2D eigenvalue weighted by Crippen LogP contribution is 2.33. The van der Waals surface area contributed by atoms with Gasteiger partial charge >= 0.3 is 6.18 Å². The van der Waals surface area contributed by atoms with Crippen LogP contribution in [0.25, 0.3) is 0 Å². The van der Waals surface area contributed by atoms with Gasteiger partial charge in [0.1, 0.15) is 0 Å². The zero-order valence-corrected chi connectivity index (χ0v) is 14.5. The molecule has 0 radical (unpaired) electrons. The molecule has 1 heterocycles. The van der Waals surface area contributed by atoms with Gasteiger partial charge in [-0.3, -0.25) is 9.59 Å². The third kappa shape index (κ3) is 4.48. The SMILES string of the molecule is O=C(Nc1ccccc1)[C@@H]1CCCN(C(=O)c2ccccc2C(F)(F)F)C1. The molecule has 1 N–H and O–H groups in total. The highest BCUT2D eigenvalue weighted by atomic mass is 19.4. The van der Waals surface area contributed by atoms with Crippen LogP contribution in [-0.4, -0.2) is 29.8 Å². The van der Waals surface area contributed by atoms with Gasteiger partial charge in [0.25, 0.3) is 5.91 Å². The number of amides is 2. The van der Waals surface area contributed by atoms with Gasteiger partial charge in [-0.15, -0.1) is 0 Å². The van der Waals surface area contributed by atoms with Crippen LogP contribution >= 0.6 is 0 Å². The van der Waals surface area contributed by atoms with E-state index in [9.17, 15) is 22.8 Å². The van der Waals surface area contributed by atoms with E-state index in [1.807, 2.05) is 6.07 Å². The van der Waals surface area contributed by atoms with Crippen LogP contribution in [0.2, 0.25) is 0 Å². The number of anilines is 1. The van der Waals surface area contributed by atoms with Gasteiger partial charge in [-0.2, -0.15) is 13.2 Å². The molecule has 0 bridgehead atoms. The quantitative estimate of drug-likeness (QED) is 0.873. The van der Waals surface area contributed by atoms with Crippen molar-refractivity contribution in [3.8, 4) is 0 Å². The molecule has 27 heavy (non-hydrogen) atoms. The normalized spacial score (nSPS) is 17.4. The molecule has 2 aromatic rings. The molecule has 0 unspecified atom stereocenters. The molecule has 0 aliphatic carbocycles. The first-order valence-electron chi connectivity index (χ1n) is 8.67. The maximum absolute atomic E-state index is 13.2. The van der Waals surface area contributed by atoms with Crippen molar-refractivity contribution in [3.05, 3.63) is 65.7 Å². The van der Waals surface area contributed by atoms with Crippen molar-refractivity contribution in [1.29, 1.82) is 0 Å². The molecule has 0 spiro atoms. The van der Waals surface area contributed by atoms with Crippen LogP contribution in [0.1, 0.15) is 28.8 Å². The summed E-state index contributed by atoms with van der Waals surface area (Å²) in [6.07, 6.45) is -3.46. The third-order valence-electron chi connectivity index (χ3n) is 4.58. The van der Waals surface area contributed by atoms with Crippen LogP contribution < -0.4 is 5.32 Å². The molecule has 4 nitrogen and oxygen atoms in total. The highest BCUT2D eigenvalue weighted by Gasteiger charge is 2.37. The van der Waals surface area contributed by atoms with Gasteiger partial charge < -0.3 is 10.2 Å². The number of carbonyl (C=O) groups excluding carboxylic acids is 2. The Kier molecular flexibility index (Phi) is 5.48. The molecule has 0 aromatic heterocycles. The van der Waals surface area contributed by atoms with Gasteiger partial charge in [0.2, 0.25) is 5.91 Å². The number of hydrogen-bond acceptors (Lipinski definition) is 2. The van der Waals surface area contributed by atoms with E-state index in [-0.39, 0.29) is 18.0 Å². The van der Waals surface area contributed by atoms with E-state index in [0.717, 1.165) is 6.07 Å². The molecular formula is C20H19F3N2O2. The third-order valence-corrected chi connectivity index (χ3v) is 4.58. The number of para-hydroxylation sites is 1. The lowest BCUT2D eigenvalue weighted by Crippen LogP contribution is -2.44. The molecule has 0 saturated carbocycles. The summed E-state index contributed by atoms with van der Waals surface area (Å²) in [5, 5.41) is 2.79. The number of hydrogen-bond donors (Lipinski definition) is 1. The fourth-order valence-corrected chi connectivity index (χ4v) is 3.23. The van der Waals surface area contributed by atoms with Gasteiger partial charge in [0, 0.05) is 18.8 Å². The molecule has 1 atom stereocenters. The van der Waals surface area contributed by atoms with E-state index in [1.165, 1.54) is 23.1 Å². The van der Waals surface area contributed by atoms with Gasteiger partial charge in [0.15, 0.2) is 0 Å². The highest BCUT2D eigenvalue weighted by molar-refractivity contribution is 5.97. The van der Waals surface area contributed by atoms with E-state index < -0.39 is 23.6 Å². The molecule has 1 aliphatic rings. The molecule has 1 saturated heterocycles. The smallest absolute Gasteiger partial charge is 0.338 e. The summed E-state index contributed by atoms with van der Waals surface area (Å²) in [6.45, 7) is 0.434. The molecule has 142 valence electrons. The Labute approximate surface area is 155 Å². The fourth-order valence-electron chi connectivity index (χ4n) is 3.23. The molecule has 7 heteroatoms. The van der Waals surface area contributed by atoms with Gasteiger partial charge in [-0.05, 0) is 37.1 Å². The van der Waals surface area contributed by atoms with E-state index in [2.05, 4.69) is 5.32 Å². The Hall–Kier alpha value is -2.83. The van der Waals surface area contributed by atoms with E-state index in [1.54, 1.807) is 24.3 Å². The minimum atomic E-state index is -4.61. The fraction of sp³-hybridized carbons (Fsp3) is 0.300. The summed E-state index contributed by atoms with van der Waals surface area (Å²) < 4.78 is 39.6. The predicted molar refractivity (Wildman–Crippen MR) is 95.1 cm³/mol. The Balaban J connectivity index is 1.73. The van der Waals surface area contributed by atoms with Crippen LogP contribution in [0.15, 0.2) is 54.6 Å². The number of piperidine rings is 1. The monoisotopic (exact) mass is 376 g/mol. The molecular weight excluding hydrogens is 357 g/mol. The van der Waals surface area contributed by atoms with E-state index in [4.69, 9.17) is 0 Å². The summed E-state index contributed by atoms with van der Waals surface area (Å²) in [6, 6.07) is 13.7. The summed E-state index contributed by atoms with van der Waals surface area (Å²) in [4.78, 5) is 26.5. The number of nitrogens with zero attached hydrogens (tertiary/aromatic N) is 1. The zero-order valence-electron chi connectivity index (χ0n) is 14.5. The van der Waals surface area contributed by atoms with Crippen LogP contribution in [-0.2, 0) is 11.0 Å². The van der Waals surface area contributed by atoms with Gasteiger partial charge in [0.05, 0.1) is 17.0 Å². The standard InChI is InChI=1S/C20H19F3N2O2/c21-20(22,23)17-11-5-4-10-16(17)19(27)25-12-6-7-14(13-25)18(26)24-15-8-2-1-3-9-15/h1-5,8-11,14H,6-7,12-13H2,(H,24,26)/t14-/m1/s1. The number of rotatable bonds is 3. The molecule has 1 aliphatic heterocycles. The van der Waals surface area contributed by atoms with Crippen LogP contribution in [0.5, 0.6) is 0 Å².